The van der Waals surface area contributed by atoms with Crippen LogP contribution < -0.4 is 5.32 Å². The second-order valence-corrected chi connectivity index (χ2v) is 7.45. The summed E-state index contributed by atoms with van der Waals surface area (Å²) in [5.41, 5.74) is 5.98. The van der Waals surface area contributed by atoms with Crippen molar-refractivity contribution in [3.05, 3.63) is 70.1 Å². The van der Waals surface area contributed by atoms with Crippen LogP contribution in [-0.4, -0.2) is 10.9 Å². The van der Waals surface area contributed by atoms with Crippen LogP contribution in [0.3, 0.4) is 0 Å². The van der Waals surface area contributed by atoms with E-state index in [-0.39, 0.29) is 5.91 Å². The smallest absolute Gasteiger partial charge is 0.257 e. The fourth-order valence-corrected chi connectivity index (χ4v) is 3.36. The lowest BCUT2D eigenvalue weighted by Crippen LogP contribution is -2.13. The fraction of sp³-hybridized carbons (Fsp3) is 0.238. The predicted octanol–water partition coefficient (Wildman–Crippen LogP) is 5.80. The summed E-state index contributed by atoms with van der Waals surface area (Å²) in [6.07, 6.45) is 0. The van der Waals surface area contributed by atoms with Gasteiger partial charge < -0.3 is 0 Å². The van der Waals surface area contributed by atoms with Crippen molar-refractivity contribution in [2.45, 2.75) is 33.6 Å². The maximum Gasteiger partial charge on any atom is 0.257 e. The molecule has 3 aromatic rings. The molecule has 2 aromatic carbocycles. The molecule has 1 amide bonds. The molecule has 0 aliphatic carbocycles. The second kappa shape index (κ2) is 7.19. The summed E-state index contributed by atoms with van der Waals surface area (Å²) in [5, 5.41) is 5.51. The van der Waals surface area contributed by atoms with E-state index in [1.165, 1.54) is 16.9 Å². The van der Waals surface area contributed by atoms with Gasteiger partial charge in [-0.1, -0.05) is 55.8 Å². The Morgan fingerprint density at radius 1 is 1.08 bits per heavy atom. The summed E-state index contributed by atoms with van der Waals surface area (Å²) in [5.74, 6) is 0.397. The molecule has 128 valence electrons. The predicted molar refractivity (Wildman–Crippen MR) is 106 cm³/mol. The molecular weight excluding hydrogens is 328 g/mol. The Morgan fingerprint density at radius 3 is 2.48 bits per heavy atom. The quantitative estimate of drug-likeness (QED) is 0.646. The second-order valence-electron chi connectivity index (χ2n) is 6.59. The molecule has 0 unspecified atom stereocenters. The summed E-state index contributed by atoms with van der Waals surface area (Å²) >= 11 is 1.44. The van der Waals surface area contributed by atoms with E-state index >= 15 is 0 Å². The minimum atomic E-state index is -0.114. The maximum absolute atomic E-state index is 12.5. The summed E-state index contributed by atoms with van der Waals surface area (Å²) < 4.78 is 0. The SMILES string of the molecule is Cc1ccc(C)c(C(=O)Nc2nc(-c3ccc(C(C)C)cc3)cs2)c1. The van der Waals surface area contributed by atoms with Crippen LogP contribution in [-0.2, 0) is 0 Å². The maximum atomic E-state index is 12.5. The first kappa shape index (κ1) is 17.4. The number of hydrogen-bond donors (Lipinski definition) is 1. The Bertz CT molecular complexity index is 895. The first-order chi connectivity index (χ1) is 11.9. The molecule has 3 nitrogen and oxygen atoms in total. The van der Waals surface area contributed by atoms with Crippen LogP contribution in [0, 0.1) is 13.8 Å². The van der Waals surface area contributed by atoms with Gasteiger partial charge in [0.15, 0.2) is 5.13 Å². The van der Waals surface area contributed by atoms with Crippen molar-refractivity contribution >= 4 is 22.4 Å². The number of nitrogens with one attached hydrogen (secondary N) is 1. The summed E-state index contributed by atoms with van der Waals surface area (Å²) in [6, 6.07) is 14.3. The number of hydrogen-bond acceptors (Lipinski definition) is 3. The molecule has 0 aliphatic rings. The average Bonchev–Trinajstić information content (AvgIpc) is 3.05. The van der Waals surface area contributed by atoms with E-state index in [9.17, 15) is 4.79 Å². The zero-order valence-corrected chi connectivity index (χ0v) is 15.8. The molecule has 4 heteroatoms. The van der Waals surface area contributed by atoms with Crippen LogP contribution in [0.1, 0.15) is 46.8 Å². The third-order valence-electron chi connectivity index (χ3n) is 4.24. The van der Waals surface area contributed by atoms with Crippen molar-refractivity contribution in [1.82, 2.24) is 4.98 Å². The molecule has 3 rings (SSSR count). The van der Waals surface area contributed by atoms with Crippen LogP contribution in [0.5, 0.6) is 0 Å². The third-order valence-corrected chi connectivity index (χ3v) is 4.99. The van der Waals surface area contributed by atoms with Crippen molar-refractivity contribution in [2.24, 2.45) is 0 Å². The number of carbonyl (C=O) groups is 1. The van der Waals surface area contributed by atoms with Gasteiger partial charge in [-0.25, -0.2) is 4.98 Å². The minimum absolute atomic E-state index is 0.114. The van der Waals surface area contributed by atoms with Gasteiger partial charge in [0.1, 0.15) is 0 Å². The van der Waals surface area contributed by atoms with Gasteiger partial charge in [0.25, 0.3) is 5.91 Å². The lowest BCUT2D eigenvalue weighted by Gasteiger charge is -2.06. The molecule has 0 aliphatic heterocycles. The van der Waals surface area contributed by atoms with Gasteiger partial charge in [-0.05, 0) is 37.0 Å². The van der Waals surface area contributed by atoms with Gasteiger partial charge in [0.2, 0.25) is 0 Å². The van der Waals surface area contributed by atoms with Crippen molar-refractivity contribution < 1.29 is 4.79 Å². The van der Waals surface area contributed by atoms with Crippen LogP contribution in [0.15, 0.2) is 47.8 Å². The van der Waals surface area contributed by atoms with E-state index in [2.05, 4.69) is 48.4 Å². The van der Waals surface area contributed by atoms with Crippen LogP contribution >= 0.6 is 11.3 Å². The fourth-order valence-electron chi connectivity index (χ4n) is 2.65. The number of aryl methyl sites for hydroxylation is 2. The van der Waals surface area contributed by atoms with Gasteiger partial charge in [-0.15, -0.1) is 11.3 Å². The van der Waals surface area contributed by atoms with Gasteiger partial charge >= 0.3 is 0 Å². The highest BCUT2D eigenvalue weighted by Crippen LogP contribution is 2.27. The Labute approximate surface area is 152 Å². The third kappa shape index (κ3) is 3.97. The summed E-state index contributed by atoms with van der Waals surface area (Å²) in [7, 11) is 0. The molecule has 1 N–H and O–H groups in total. The average molecular weight is 350 g/mol. The number of aromatic nitrogens is 1. The topological polar surface area (TPSA) is 42.0 Å². The van der Waals surface area contributed by atoms with Crippen LogP contribution in [0.25, 0.3) is 11.3 Å². The highest BCUT2D eigenvalue weighted by Gasteiger charge is 2.12. The van der Waals surface area contributed by atoms with Crippen LogP contribution in [0.2, 0.25) is 0 Å². The number of carbonyl (C=O) groups excluding carboxylic acids is 1. The lowest BCUT2D eigenvalue weighted by atomic mass is 10.0. The summed E-state index contributed by atoms with van der Waals surface area (Å²) in [6.45, 7) is 8.29. The van der Waals surface area contributed by atoms with E-state index in [4.69, 9.17) is 0 Å². The zero-order chi connectivity index (χ0) is 18.0. The molecule has 0 saturated carbocycles. The van der Waals surface area contributed by atoms with Gasteiger partial charge in [0, 0.05) is 16.5 Å². The molecule has 0 saturated heterocycles. The number of anilines is 1. The normalized spacial score (nSPS) is 10.9. The molecular formula is C21H22N2OS. The monoisotopic (exact) mass is 350 g/mol. The highest BCUT2D eigenvalue weighted by molar-refractivity contribution is 7.14. The van der Waals surface area contributed by atoms with Gasteiger partial charge in [-0.3, -0.25) is 10.1 Å². The van der Waals surface area contributed by atoms with E-state index in [0.29, 0.717) is 16.6 Å². The number of amides is 1. The molecule has 0 radical (unpaired) electrons. The zero-order valence-electron chi connectivity index (χ0n) is 15.0. The number of thiazole rings is 1. The number of nitrogens with zero attached hydrogens (tertiary/aromatic N) is 1. The Kier molecular flexibility index (Phi) is 5.00. The van der Waals surface area contributed by atoms with E-state index in [0.717, 1.165) is 22.4 Å². The Hall–Kier alpha value is -2.46. The number of rotatable bonds is 4. The molecule has 0 fully saturated rings. The van der Waals surface area contributed by atoms with E-state index in [1.807, 2.05) is 37.4 Å². The largest absolute Gasteiger partial charge is 0.298 e. The molecule has 0 spiro atoms. The lowest BCUT2D eigenvalue weighted by molar-refractivity contribution is 0.102. The Morgan fingerprint density at radius 2 is 1.80 bits per heavy atom. The number of benzene rings is 2. The first-order valence-corrected chi connectivity index (χ1v) is 9.26. The van der Waals surface area contributed by atoms with Crippen molar-refractivity contribution in [3.8, 4) is 11.3 Å². The standard InChI is InChI=1S/C21H22N2OS/c1-13(2)16-7-9-17(10-8-16)19-12-25-21(22-19)23-20(24)18-11-14(3)5-6-15(18)4/h5-13H,1-4H3,(H,22,23,24). The van der Waals surface area contributed by atoms with Crippen molar-refractivity contribution in [2.75, 3.05) is 5.32 Å². The molecule has 25 heavy (non-hydrogen) atoms. The molecule has 0 atom stereocenters. The van der Waals surface area contributed by atoms with Crippen molar-refractivity contribution in [1.29, 1.82) is 0 Å². The van der Waals surface area contributed by atoms with E-state index < -0.39 is 0 Å². The van der Waals surface area contributed by atoms with Gasteiger partial charge in [0.05, 0.1) is 5.69 Å². The van der Waals surface area contributed by atoms with Crippen LogP contribution in [0.4, 0.5) is 5.13 Å². The molecule has 1 aromatic heterocycles. The molecule has 1 heterocycles. The van der Waals surface area contributed by atoms with E-state index in [1.54, 1.807) is 0 Å². The van der Waals surface area contributed by atoms with Gasteiger partial charge in [-0.2, -0.15) is 0 Å². The first-order valence-electron chi connectivity index (χ1n) is 8.38. The minimum Gasteiger partial charge on any atom is -0.298 e. The molecule has 0 bridgehead atoms. The highest BCUT2D eigenvalue weighted by atomic mass is 32.1. The summed E-state index contributed by atoms with van der Waals surface area (Å²) in [4.78, 5) is 17.1. The Balaban J connectivity index is 1.77. The van der Waals surface area contributed by atoms with Crippen molar-refractivity contribution in [3.63, 3.8) is 0 Å².